The molecule has 0 N–H and O–H groups in total. The fourth-order valence-corrected chi connectivity index (χ4v) is 4.38. The third kappa shape index (κ3) is 3.99. The van der Waals surface area contributed by atoms with Gasteiger partial charge in [-0.25, -0.2) is 9.31 Å². The zero-order chi connectivity index (χ0) is 17.9. The van der Waals surface area contributed by atoms with Crippen LogP contribution in [-0.4, -0.2) is 68.4 Å². The average Bonchev–Trinajstić information content (AvgIpc) is 3.06. The minimum Gasteiger partial charge on any atom is -0.299 e. The van der Waals surface area contributed by atoms with Crippen molar-refractivity contribution >= 4 is 11.8 Å². The predicted octanol–water partition coefficient (Wildman–Crippen LogP) is 0.542. The third-order valence-electron chi connectivity index (χ3n) is 5.12. The van der Waals surface area contributed by atoms with E-state index in [1.807, 2.05) is 18.7 Å². The van der Waals surface area contributed by atoms with E-state index >= 15 is 0 Å². The molecule has 0 aromatic carbocycles. The van der Waals surface area contributed by atoms with Crippen LogP contribution >= 0.6 is 11.8 Å². The minimum absolute atomic E-state index is 0.0268. The second-order valence-electron chi connectivity index (χ2n) is 6.89. The van der Waals surface area contributed by atoms with E-state index in [-0.39, 0.29) is 5.56 Å². The van der Waals surface area contributed by atoms with Crippen LogP contribution in [0.4, 0.5) is 0 Å². The Morgan fingerprint density at radius 2 is 1.96 bits per heavy atom. The smallest absolute Gasteiger partial charge is 0.267 e. The van der Waals surface area contributed by atoms with Crippen molar-refractivity contribution in [1.29, 1.82) is 0 Å². The molecule has 0 bridgehead atoms. The second kappa shape index (κ2) is 7.89. The molecule has 0 atom stereocenters. The molecule has 2 aliphatic rings. The van der Waals surface area contributed by atoms with Crippen LogP contribution in [0.25, 0.3) is 0 Å². The first-order valence-corrected chi connectivity index (χ1v) is 10.2. The maximum atomic E-state index is 12.3. The molecule has 2 aliphatic heterocycles. The van der Waals surface area contributed by atoms with Gasteiger partial charge in [-0.05, 0) is 18.2 Å². The van der Waals surface area contributed by atoms with Crippen molar-refractivity contribution in [3.63, 3.8) is 0 Å². The van der Waals surface area contributed by atoms with Gasteiger partial charge in [0.1, 0.15) is 11.4 Å². The van der Waals surface area contributed by atoms with Crippen LogP contribution in [0.3, 0.4) is 0 Å². The summed E-state index contributed by atoms with van der Waals surface area (Å²) in [5, 5.41) is 12.4. The predicted molar refractivity (Wildman–Crippen MR) is 99.1 cm³/mol. The maximum Gasteiger partial charge on any atom is 0.267 e. The standard InChI is InChI=1S/C17H24N6O2S/c1-13-16(20-25-19-13)11-22-5-3-21(4-6-22)7-8-23-17(24)10-14-12-26-9-2-15(14)18-23/h10H,2-9,11-12H2,1H3. The number of piperazine rings is 1. The van der Waals surface area contributed by atoms with Crippen LogP contribution in [0.15, 0.2) is 15.5 Å². The molecule has 8 nitrogen and oxygen atoms in total. The number of hydrogen-bond donors (Lipinski definition) is 0. The van der Waals surface area contributed by atoms with Crippen LogP contribution in [0.2, 0.25) is 0 Å². The first kappa shape index (κ1) is 17.7. The summed E-state index contributed by atoms with van der Waals surface area (Å²) in [6.45, 7) is 8.16. The number of rotatable bonds is 5. The van der Waals surface area contributed by atoms with E-state index in [4.69, 9.17) is 4.63 Å². The Balaban J connectivity index is 1.29. The van der Waals surface area contributed by atoms with Crippen molar-refractivity contribution in [1.82, 2.24) is 29.9 Å². The molecular formula is C17H24N6O2S. The maximum absolute atomic E-state index is 12.3. The summed E-state index contributed by atoms with van der Waals surface area (Å²) in [4.78, 5) is 17.0. The lowest BCUT2D eigenvalue weighted by Gasteiger charge is -2.34. The molecule has 1 fully saturated rings. The van der Waals surface area contributed by atoms with E-state index < -0.39 is 0 Å². The van der Waals surface area contributed by atoms with E-state index in [2.05, 4.69) is 25.2 Å². The molecule has 26 heavy (non-hydrogen) atoms. The Labute approximate surface area is 156 Å². The van der Waals surface area contributed by atoms with Gasteiger partial charge in [0.05, 0.1) is 12.2 Å². The Morgan fingerprint density at radius 1 is 1.15 bits per heavy atom. The zero-order valence-electron chi connectivity index (χ0n) is 15.1. The van der Waals surface area contributed by atoms with Gasteiger partial charge in [-0.15, -0.1) is 0 Å². The molecule has 0 saturated carbocycles. The summed E-state index contributed by atoms with van der Waals surface area (Å²) in [5.74, 6) is 2.02. The van der Waals surface area contributed by atoms with Gasteiger partial charge in [0.15, 0.2) is 0 Å². The highest BCUT2D eigenvalue weighted by molar-refractivity contribution is 7.98. The Bertz CT molecular complexity index is 812. The largest absolute Gasteiger partial charge is 0.299 e. The molecule has 4 rings (SSSR count). The number of hydrogen-bond acceptors (Lipinski definition) is 8. The monoisotopic (exact) mass is 376 g/mol. The van der Waals surface area contributed by atoms with Crippen LogP contribution in [-0.2, 0) is 25.3 Å². The first-order chi connectivity index (χ1) is 12.7. The normalized spacial score (nSPS) is 18.8. The topological polar surface area (TPSA) is 80.3 Å². The lowest BCUT2D eigenvalue weighted by Crippen LogP contribution is -2.47. The molecule has 140 valence electrons. The molecule has 0 amide bonds. The van der Waals surface area contributed by atoms with Crippen molar-refractivity contribution < 1.29 is 4.63 Å². The minimum atomic E-state index is 0.0268. The van der Waals surface area contributed by atoms with E-state index in [9.17, 15) is 4.79 Å². The van der Waals surface area contributed by atoms with Gasteiger partial charge < -0.3 is 0 Å². The van der Waals surface area contributed by atoms with Gasteiger partial charge in [0, 0.05) is 57.5 Å². The lowest BCUT2D eigenvalue weighted by molar-refractivity contribution is 0.120. The van der Waals surface area contributed by atoms with Crippen molar-refractivity contribution in [2.45, 2.75) is 32.2 Å². The molecule has 0 aliphatic carbocycles. The highest BCUT2D eigenvalue weighted by Crippen LogP contribution is 2.21. The molecule has 9 heteroatoms. The third-order valence-corrected chi connectivity index (χ3v) is 6.13. The van der Waals surface area contributed by atoms with Crippen molar-refractivity contribution in [2.75, 3.05) is 38.5 Å². The second-order valence-corrected chi connectivity index (χ2v) is 8.00. The zero-order valence-corrected chi connectivity index (χ0v) is 15.9. The van der Waals surface area contributed by atoms with Crippen LogP contribution in [0, 0.1) is 6.92 Å². The van der Waals surface area contributed by atoms with E-state index in [1.54, 1.807) is 10.7 Å². The van der Waals surface area contributed by atoms with E-state index in [0.717, 1.165) is 79.8 Å². The Hall–Kier alpha value is -1.71. The van der Waals surface area contributed by atoms with Gasteiger partial charge >= 0.3 is 0 Å². The number of fused-ring (bicyclic) bond motifs is 1. The summed E-state index contributed by atoms with van der Waals surface area (Å²) in [5.41, 5.74) is 4.03. The van der Waals surface area contributed by atoms with Gasteiger partial charge in [0.25, 0.3) is 5.56 Å². The molecule has 2 aromatic rings. The van der Waals surface area contributed by atoms with Crippen molar-refractivity contribution in [3.05, 3.63) is 39.1 Å². The fraction of sp³-hybridized carbons (Fsp3) is 0.647. The summed E-state index contributed by atoms with van der Waals surface area (Å²) in [6, 6.07) is 1.78. The number of thioether (sulfide) groups is 1. The Kier molecular flexibility index (Phi) is 5.37. The van der Waals surface area contributed by atoms with E-state index in [0.29, 0.717) is 6.54 Å². The lowest BCUT2D eigenvalue weighted by atomic mass is 10.2. The molecule has 0 spiro atoms. The average molecular weight is 376 g/mol. The summed E-state index contributed by atoms with van der Waals surface area (Å²) < 4.78 is 6.41. The first-order valence-electron chi connectivity index (χ1n) is 9.09. The van der Waals surface area contributed by atoms with Crippen molar-refractivity contribution in [2.24, 2.45) is 0 Å². The highest BCUT2D eigenvalue weighted by atomic mass is 32.2. The van der Waals surface area contributed by atoms with Gasteiger partial charge in [0.2, 0.25) is 0 Å². The number of aromatic nitrogens is 4. The summed E-state index contributed by atoms with van der Waals surface area (Å²) in [7, 11) is 0. The molecule has 4 heterocycles. The van der Waals surface area contributed by atoms with Gasteiger partial charge in [-0.1, -0.05) is 10.3 Å². The van der Waals surface area contributed by atoms with Crippen LogP contribution < -0.4 is 5.56 Å². The highest BCUT2D eigenvalue weighted by Gasteiger charge is 2.20. The SMILES string of the molecule is Cc1nonc1CN1CCN(CCn2nc3c(cc2=O)CSCC3)CC1. The molecule has 2 aromatic heterocycles. The summed E-state index contributed by atoms with van der Waals surface area (Å²) >= 11 is 1.88. The number of nitrogens with zero attached hydrogens (tertiary/aromatic N) is 6. The quantitative estimate of drug-likeness (QED) is 0.748. The van der Waals surface area contributed by atoms with Crippen LogP contribution in [0.5, 0.6) is 0 Å². The number of aryl methyl sites for hydroxylation is 2. The summed E-state index contributed by atoms with van der Waals surface area (Å²) in [6.07, 6.45) is 0.968. The molecular weight excluding hydrogens is 352 g/mol. The Morgan fingerprint density at radius 3 is 2.73 bits per heavy atom. The fourth-order valence-electron chi connectivity index (χ4n) is 3.42. The molecule has 1 saturated heterocycles. The molecule has 0 unspecified atom stereocenters. The van der Waals surface area contributed by atoms with E-state index in [1.165, 1.54) is 0 Å². The van der Waals surface area contributed by atoms with Crippen LogP contribution in [0.1, 0.15) is 22.6 Å². The van der Waals surface area contributed by atoms with Gasteiger partial charge in [-0.3, -0.25) is 14.6 Å². The molecule has 0 radical (unpaired) electrons. The van der Waals surface area contributed by atoms with Gasteiger partial charge in [-0.2, -0.15) is 16.9 Å². The van der Waals surface area contributed by atoms with Crippen molar-refractivity contribution in [3.8, 4) is 0 Å².